The third-order valence-electron chi connectivity index (χ3n) is 0.247. The fourth-order valence-electron chi connectivity index (χ4n) is 0.0527. The molecule has 8 heavy (non-hydrogen) atoms. The monoisotopic (exact) mass is 115 g/mol. The number of nitriles is 1. The van der Waals surface area contributed by atoms with Crippen LogP contribution in [0.4, 0.5) is 0 Å². The number of carbonyl (C=O) groups is 1. The molecule has 3 heteroatoms. The lowest BCUT2D eigenvalue weighted by Gasteiger charge is -1.69. The molecule has 0 saturated carbocycles. The molecule has 0 rings (SSSR count). The van der Waals surface area contributed by atoms with E-state index in [0.717, 1.165) is 0 Å². The predicted molar refractivity (Wildman–Crippen MR) is 29.1 cm³/mol. The van der Waals surface area contributed by atoms with Crippen molar-refractivity contribution in [1.82, 2.24) is 0 Å². The summed E-state index contributed by atoms with van der Waals surface area (Å²) in [6, 6.07) is 1.75. The van der Waals surface area contributed by atoms with E-state index >= 15 is 0 Å². The zero-order chi connectivity index (χ0) is 6.83. The van der Waals surface area contributed by atoms with Crippen molar-refractivity contribution in [2.45, 2.75) is 13.3 Å². The van der Waals surface area contributed by atoms with Crippen molar-refractivity contribution in [1.29, 1.82) is 5.26 Å². The Labute approximate surface area is 48.6 Å². The average molecular weight is 115 g/mol. The van der Waals surface area contributed by atoms with E-state index in [4.69, 9.17) is 10.4 Å². The minimum absolute atomic E-state index is 0.0243. The van der Waals surface area contributed by atoms with Crippen LogP contribution < -0.4 is 0 Å². The first-order chi connectivity index (χ1) is 3.83. The topological polar surface area (TPSA) is 61.1 Å². The molecule has 0 amide bonds. The van der Waals surface area contributed by atoms with Crippen LogP contribution in [0.1, 0.15) is 13.3 Å². The Bertz CT molecular complexity index is 75.0. The van der Waals surface area contributed by atoms with Gasteiger partial charge in [-0.1, -0.05) is 0 Å². The summed E-state index contributed by atoms with van der Waals surface area (Å²) in [5.41, 5.74) is 0. The fraction of sp³-hybridized carbons (Fsp3) is 0.600. The molecule has 0 heterocycles. The highest BCUT2D eigenvalue weighted by Gasteiger charge is 1.67. The number of nitrogens with zero attached hydrogens (tertiary/aromatic N) is 1. The summed E-state index contributed by atoms with van der Waals surface area (Å²) >= 11 is 0. The van der Waals surface area contributed by atoms with Crippen LogP contribution in [0.5, 0.6) is 0 Å². The Balaban J connectivity index is 0. The maximum Gasteiger partial charge on any atom is 0.122 e. The molecule has 0 bridgehead atoms. The van der Waals surface area contributed by atoms with E-state index in [2.05, 4.69) is 0 Å². The fourth-order valence-corrected chi connectivity index (χ4v) is 0.0527. The molecule has 0 radical (unpaired) electrons. The number of carbonyl (C=O) groups excluding carboxylic acids is 1. The summed E-state index contributed by atoms with van der Waals surface area (Å²) in [5, 5.41) is 15.2. The van der Waals surface area contributed by atoms with Crippen LogP contribution in [-0.4, -0.2) is 18.0 Å². The second-order valence-electron chi connectivity index (χ2n) is 0.903. The molecular weight excluding hydrogens is 106 g/mol. The quantitative estimate of drug-likeness (QED) is 0.519. The highest BCUT2D eigenvalue weighted by Crippen LogP contribution is 1.58. The van der Waals surface area contributed by atoms with Crippen molar-refractivity contribution in [3.8, 4) is 6.07 Å². The van der Waals surface area contributed by atoms with E-state index in [9.17, 15) is 4.79 Å². The highest BCUT2D eigenvalue weighted by molar-refractivity contribution is 5.49. The van der Waals surface area contributed by atoms with Gasteiger partial charge in [0.05, 0.1) is 6.07 Å². The number of hydrogen-bond acceptors (Lipinski definition) is 3. The van der Waals surface area contributed by atoms with Gasteiger partial charge < -0.3 is 9.90 Å². The van der Waals surface area contributed by atoms with Crippen LogP contribution in [0.3, 0.4) is 0 Å². The SMILES string of the molecule is CC#N.O=CCCO. The first-order valence-corrected chi connectivity index (χ1v) is 2.18. The Morgan fingerprint density at radius 1 is 1.88 bits per heavy atom. The Kier molecular flexibility index (Phi) is 21.0. The molecule has 0 aliphatic rings. The molecule has 0 spiro atoms. The summed E-state index contributed by atoms with van der Waals surface area (Å²) in [6.07, 6.45) is 0.944. The molecule has 0 fully saturated rings. The van der Waals surface area contributed by atoms with Gasteiger partial charge in [0.1, 0.15) is 6.29 Å². The van der Waals surface area contributed by atoms with Crippen LogP contribution in [0, 0.1) is 11.3 Å². The number of aldehydes is 1. The van der Waals surface area contributed by atoms with E-state index in [-0.39, 0.29) is 13.0 Å². The van der Waals surface area contributed by atoms with Crippen LogP contribution >= 0.6 is 0 Å². The number of aliphatic hydroxyl groups is 1. The largest absolute Gasteiger partial charge is 0.396 e. The molecule has 0 aromatic rings. The Hall–Kier alpha value is -0.880. The molecular formula is C5H9NO2. The Morgan fingerprint density at radius 3 is 2.25 bits per heavy atom. The maximum absolute atomic E-state index is 9.24. The van der Waals surface area contributed by atoms with E-state index in [1.54, 1.807) is 6.07 Å². The van der Waals surface area contributed by atoms with Gasteiger partial charge in [-0.15, -0.1) is 0 Å². The highest BCUT2D eigenvalue weighted by atomic mass is 16.3. The average Bonchev–Trinajstić information content (AvgIpc) is 1.71. The standard InChI is InChI=1S/C3H6O2.C2H3N/c4-2-1-3-5;1-2-3/h2,5H,1,3H2;1H3. The smallest absolute Gasteiger partial charge is 0.122 e. The number of aliphatic hydroxyl groups excluding tert-OH is 1. The van der Waals surface area contributed by atoms with E-state index in [1.165, 1.54) is 6.92 Å². The zero-order valence-electron chi connectivity index (χ0n) is 4.79. The molecule has 0 aliphatic heterocycles. The van der Waals surface area contributed by atoms with Crippen molar-refractivity contribution in [2.24, 2.45) is 0 Å². The second kappa shape index (κ2) is 16.5. The van der Waals surface area contributed by atoms with Gasteiger partial charge >= 0.3 is 0 Å². The van der Waals surface area contributed by atoms with E-state index in [1.807, 2.05) is 0 Å². The van der Waals surface area contributed by atoms with Gasteiger partial charge in [0.2, 0.25) is 0 Å². The lowest BCUT2D eigenvalue weighted by Crippen LogP contribution is -1.78. The van der Waals surface area contributed by atoms with Gasteiger partial charge in [-0.3, -0.25) is 0 Å². The third kappa shape index (κ3) is 69.3. The van der Waals surface area contributed by atoms with Crippen LogP contribution in [-0.2, 0) is 4.79 Å². The van der Waals surface area contributed by atoms with Crippen LogP contribution in [0.25, 0.3) is 0 Å². The van der Waals surface area contributed by atoms with Crippen LogP contribution in [0.15, 0.2) is 0 Å². The maximum atomic E-state index is 9.24. The molecule has 3 nitrogen and oxygen atoms in total. The minimum Gasteiger partial charge on any atom is -0.396 e. The molecule has 0 saturated heterocycles. The number of rotatable bonds is 2. The molecule has 0 aromatic heterocycles. The van der Waals surface area contributed by atoms with E-state index in [0.29, 0.717) is 6.29 Å². The molecule has 0 aromatic carbocycles. The van der Waals surface area contributed by atoms with Gasteiger partial charge in [-0.2, -0.15) is 5.26 Å². The van der Waals surface area contributed by atoms with Gasteiger partial charge in [0.15, 0.2) is 0 Å². The van der Waals surface area contributed by atoms with Gasteiger partial charge in [-0.25, -0.2) is 0 Å². The van der Waals surface area contributed by atoms with Crippen molar-refractivity contribution in [3.63, 3.8) is 0 Å². The number of hydrogen-bond donors (Lipinski definition) is 1. The van der Waals surface area contributed by atoms with Crippen molar-refractivity contribution in [3.05, 3.63) is 0 Å². The molecule has 46 valence electrons. The van der Waals surface area contributed by atoms with Gasteiger partial charge in [0.25, 0.3) is 0 Å². The lowest BCUT2D eigenvalue weighted by molar-refractivity contribution is -0.108. The molecule has 0 atom stereocenters. The second-order valence-corrected chi connectivity index (χ2v) is 0.903. The van der Waals surface area contributed by atoms with Crippen molar-refractivity contribution >= 4 is 6.29 Å². The summed E-state index contributed by atoms with van der Waals surface area (Å²) in [5.74, 6) is 0. The summed E-state index contributed by atoms with van der Waals surface area (Å²) in [4.78, 5) is 9.24. The minimum atomic E-state index is -0.0243. The van der Waals surface area contributed by atoms with Gasteiger partial charge in [-0.05, 0) is 0 Å². The molecule has 0 unspecified atom stereocenters. The third-order valence-corrected chi connectivity index (χ3v) is 0.247. The Morgan fingerprint density at radius 2 is 2.25 bits per heavy atom. The summed E-state index contributed by atoms with van der Waals surface area (Å²) in [7, 11) is 0. The van der Waals surface area contributed by atoms with Gasteiger partial charge in [0, 0.05) is 20.0 Å². The first-order valence-electron chi connectivity index (χ1n) is 2.18. The van der Waals surface area contributed by atoms with Crippen molar-refractivity contribution in [2.75, 3.05) is 6.61 Å². The zero-order valence-corrected chi connectivity index (χ0v) is 4.79. The van der Waals surface area contributed by atoms with Crippen LogP contribution in [0.2, 0.25) is 0 Å². The normalized spacial score (nSPS) is 5.62. The summed E-state index contributed by atoms with van der Waals surface area (Å²) < 4.78 is 0. The van der Waals surface area contributed by atoms with E-state index < -0.39 is 0 Å². The van der Waals surface area contributed by atoms with Crippen molar-refractivity contribution < 1.29 is 9.90 Å². The predicted octanol–water partition coefficient (Wildman–Crippen LogP) is 0.0976. The molecule has 0 aliphatic carbocycles. The first kappa shape index (κ1) is 10.2. The molecule has 1 N–H and O–H groups in total. The summed E-state index contributed by atoms with van der Waals surface area (Å²) in [6.45, 7) is 1.41. The lowest BCUT2D eigenvalue weighted by atomic mass is 10.5.